The topological polar surface area (TPSA) is 28.2 Å². The van der Waals surface area contributed by atoms with Crippen molar-refractivity contribution in [3.8, 4) is 0 Å². The van der Waals surface area contributed by atoms with E-state index >= 15 is 0 Å². The lowest BCUT2D eigenvalue weighted by Crippen LogP contribution is -2.38. The van der Waals surface area contributed by atoms with Crippen LogP contribution >= 0.6 is 11.3 Å². The molecule has 4 heteroatoms. The van der Waals surface area contributed by atoms with Crippen molar-refractivity contribution in [2.45, 2.75) is 45.2 Å². The van der Waals surface area contributed by atoms with E-state index in [-0.39, 0.29) is 0 Å². The lowest BCUT2D eigenvalue weighted by atomic mass is 10.0. The Labute approximate surface area is 108 Å². The van der Waals surface area contributed by atoms with E-state index in [0.29, 0.717) is 0 Å². The summed E-state index contributed by atoms with van der Waals surface area (Å²) in [5, 5.41) is 3.49. The summed E-state index contributed by atoms with van der Waals surface area (Å²) in [5.41, 5.74) is 1.90. The van der Waals surface area contributed by atoms with E-state index < -0.39 is 0 Å². The molecule has 2 heterocycles. The number of likely N-dealkylation sites (tertiary alicyclic amines) is 1. The molecule has 0 saturated carbocycles. The Morgan fingerprint density at radius 1 is 1.53 bits per heavy atom. The third-order valence-corrected chi connectivity index (χ3v) is 4.30. The molecule has 0 aromatic carbocycles. The van der Waals surface area contributed by atoms with Crippen molar-refractivity contribution in [2.24, 2.45) is 0 Å². The molecule has 1 saturated heterocycles. The van der Waals surface area contributed by atoms with Gasteiger partial charge in [0.1, 0.15) is 0 Å². The molecule has 1 aromatic heterocycles. The van der Waals surface area contributed by atoms with Crippen LogP contribution in [0.15, 0.2) is 11.7 Å². The van der Waals surface area contributed by atoms with Crippen LogP contribution < -0.4 is 5.32 Å². The molecule has 1 unspecified atom stereocenters. The second-order valence-corrected chi connectivity index (χ2v) is 5.85. The molecule has 0 amide bonds. The first-order valence-electron chi connectivity index (χ1n) is 6.68. The quantitative estimate of drug-likeness (QED) is 0.790. The Hall–Kier alpha value is -0.450. The number of piperidine rings is 1. The minimum atomic E-state index is 0.797. The number of thiazole rings is 1. The summed E-state index contributed by atoms with van der Waals surface area (Å²) >= 11 is 1.73. The fraction of sp³-hybridized carbons (Fsp3) is 0.769. The van der Waals surface area contributed by atoms with E-state index in [4.69, 9.17) is 0 Å². The molecule has 0 radical (unpaired) electrons. The molecule has 0 aliphatic carbocycles. The van der Waals surface area contributed by atoms with Crippen LogP contribution in [0.3, 0.4) is 0 Å². The highest BCUT2D eigenvalue weighted by molar-refractivity contribution is 7.09. The predicted molar refractivity (Wildman–Crippen MR) is 73.3 cm³/mol. The number of aromatic nitrogens is 1. The summed E-state index contributed by atoms with van der Waals surface area (Å²) < 4.78 is 0. The van der Waals surface area contributed by atoms with Crippen molar-refractivity contribution in [2.75, 3.05) is 19.6 Å². The highest BCUT2D eigenvalue weighted by atomic mass is 32.1. The van der Waals surface area contributed by atoms with Gasteiger partial charge < -0.3 is 10.2 Å². The zero-order chi connectivity index (χ0) is 11.9. The van der Waals surface area contributed by atoms with Crippen LogP contribution in [0.1, 0.15) is 37.5 Å². The first-order chi connectivity index (χ1) is 8.36. The first-order valence-corrected chi connectivity index (χ1v) is 7.56. The molecule has 1 aliphatic heterocycles. The summed E-state index contributed by atoms with van der Waals surface area (Å²) in [6, 6.07) is 0.797. The maximum Gasteiger partial charge on any atom is 0.0794 e. The first kappa shape index (κ1) is 13.0. The zero-order valence-corrected chi connectivity index (χ0v) is 11.5. The van der Waals surface area contributed by atoms with Crippen LogP contribution in [-0.2, 0) is 6.54 Å². The van der Waals surface area contributed by atoms with Gasteiger partial charge in [-0.25, -0.2) is 0 Å². The second kappa shape index (κ2) is 7.09. The molecule has 1 aliphatic rings. The average molecular weight is 253 g/mol. The molecular formula is C13H23N3S. The molecule has 96 valence electrons. The largest absolute Gasteiger partial charge is 0.312 e. The molecule has 1 N–H and O–H groups in total. The van der Waals surface area contributed by atoms with E-state index in [2.05, 4.69) is 22.1 Å². The monoisotopic (exact) mass is 253 g/mol. The Bertz CT molecular complexity index is 300. The zero-order valence-electron chi connectivity index (χ0n) is 10.7. The van der Waals surface area contributed by atoms with Crippen molar-refractivity contribution >= 4 is 11.3 Å². The standard InChI is InChI=1S/C13H23N3S/c1-12-5-2-3-7-16(12)8-4-6-14-9-13-10-15-11-17-13/h10-12,14H,2-9H2,1H3. The summed E-state index contributed by atoms with van der Waals surface area (Å²) in [6.07, 6.45) is 7.39. The van der Waals surface area contributed by atoms with E-state index in [1.54, 1.807) is 11.3 Å². The highest BCUT2D eigenvalue weighted by Crippen LogP contribution is 2.16. The fourth-order valence-electron chi connectivity index (χ4n) is 2.44. The molecule has 0 spiro atoms. The van der Waals surface area contributed by atoms with Gasteiger partial charge in [-0.1, -0.05) is 6.42 Å². The van der Waals surface area contributed by atoms with Crippen LogP contribution in [0.4, 0.5) is 0 Å². The Morgan fingerprint density at radius 3 is 3.24 bits per heavy atom. The van der Waals surface area contributed by atoms with Gasteiger partial charge >= 0.3 is 0 Å². The molecule has 17 heavy (non-hydrogen) atoms. The number of rotatable bonds is 6. The number of nitrogens with zero attached hydrogens (tertiary/aromatic N) is 2. The minimum Gasteiger partial charge on any atom is -0.312 e. The van der Waals surface area contributed by atoms with Gasteiger partial charge in [-0.05, 0) is 45.8 Å². The van der Waals surface area contributed by atoms with Crippen LogP contribution in [0.25, 0.3) is 0 Å². The van der Waals surface area contributed by atoms with E-state index in [0.717, 1.165) is 19.1 Å². The normalized spacial score (nSPS) is 21.8. The summed E-state index contributed by atoms with van der Waals surface area (Å²) in [7, 11) is 0. The number of hydrogen-bond donors (Lipinski definition) is 1. The molecule has 2 rings (SSSR count). The van der Waals surface area contributed by atoms with E-state index in [1.165, 1.54) is 43.6 Å². The van der Waals surface area contributed by atoms with E-state index in [1.807, 2.05) is 11.7 Å². The van der Waals surface area contributed by atoms with Gasteiger partial charge in [0.25, 0.3) is 0 Å². The smallest absolute Gasteiger partial charge is 0.0794 e. The average Bonchev–Trinajstić information content (AvgIpc) is 2.84. The number of nitrogens with one attached hydrogen (secondary N) is 1. The van der Waals surface area contributed by atoms with Crippen LogP contribution in [0.5, 0.6) is 0 Å². The Morgan fingerprint density at radius 2 is 2.47 bits per heavy atom. The van der Waals surface area contributed by atoms with Gasteiger partial charge in [0.05, 0.1) is 5.51 Å². The lowest BCUT2D eigenvalue weighted by molar-refractivity contribution is 0.159. The maximum atomic E-state index is 4.07. The molecule has 0 bridgehead atoms. The SMILES string of the molecule is CC1CCCCN1CCCNCc1cncs1. The fourth-order valence-corrected chi connectivity index (χ4v) is 3.00. The van der Waals surface area contributed by atoms with Gasteiger partial charge in [0.15, 0.2) is 0 Å². The van der Waals surface area contributed by atoms with Crippen molar-refractivity contribution < 1.29 is 0 Å². The van der Waals surface area contributed by atoms with Gasteiger partial charge in [-0.3, -0.25) is 4.98 Å². The maximum absolute atomic E-state index is 4.07. The van der Waals surface area contributed by atoms with E-state index in [9.17, 15) is 0 Å². The Kier molecular flexibility index (Phi) is 5.42. The predicted octanol–water partition coefficient (Wildman–Crippen LogP) is 2.50. The molecule has 1 atom stereocenters. The van der Waals surface area contributed by atoms with Crippen LogP contribution in [-0.4, -0.2) is 35.6 Å². The third-order valence-electron chi connectivity index (χ3n) is 3.52. The van der Waals surface area contributed by atoms with Gasteiger partial charge in [0, 0.05) is 23.7 Å². The Balaban J connectivity index is 1.53. The van der Waals surface area contributed by atoms with Gasteiger partial charge in [0.2, 0.25) is 0 Å². The van der Waals surface area contributed by atoms with Crippen molar-refractivity contribution in [3.63, 3.8) is 0 Å². The summed E-state index contributed by atoms with van der Waals surface area (Å²) in [5.74, 6) is 0. The van der Waals surface area contributed by atoms with Crippen LogP contribution in [0.2, 0.25) is 0 Å². The molecule has 3 nitrogen and oxygen atoms in total. The molecular weight excluding hydrogens is 230 g/mol. The summed E-state index contributed by atoms with van der Waals surface area (Å²) in [4.78, 5) is 8.04. The van der Waals surface area contributed by atoms with Gasteiger partial charge in [-0.15, -0.1) is 11.3 Å². The van der Waals surface area contributed by atoms with Crippen molar-refractivity contribution in [3.05, 3.63) is 16.6 Å². The van der Waals surface area contributed by atoms with Crippen LogP contribution in [0, 0.1) is 0 Å². The lowest BCUT2D eigenvalue weighted by Gasteiger charge is -2.33. The second-order valence-electron chi connectivity index (χ2n) is 4.88. The summed E-state index contributed by atoms with van der Waals surface area (Å²) in [6.45, 7) is 7.00. The third kappa shape index (κ3) is 4.37. The highest BCUT2D eigenvalue weighted by Gasteiger charge is 2.16. The molecule has 1 fully saturated rings. The van der Waals surface area contributed by atoms with Crippen molar-refractivity contribution in [1.82, 2.24) is 15.2 Å². The minimum absolute atomic E-state index is 0.797. The number of hydrogen-bond acceptors (Lipinski definition) is 4. The van der Waals surface area contributed by atoms with Crippen molar-refractivity contribution in [1.29, 1.82) is 0 Å². The van der Waals surface area contributed by atoms with Gasteiger partial charge in [-0.2, -0.15) is 0 Å². The molecule has 1 aromatic rings.